The molecule has 0 aromatic heterocycles. The van der Waals surface area contributed by atoms with Crippen LogP contribution in [0.4, 0.5) is 0 Å². The van der Waals surface area contributed by atoms with Gasteiger partial charge in [0, 0.05) is 6.42 Å². The maximum Gasteiger partial charge on any atom is 0.305 e. The fraction of sp³-hybridized carbons (Fsp3) is 0.850. The molecular weight excluding hydrogens is 288 g/mol. The van der Waals surface area contributed by atoms with E-state index in [1.54, 1.807) is 0 Å². The second kappa shape index (κ2) is 17.5. The van der Waals surface area contributed by atoms with E-state index in [0.29, 0.717) is 13.0 Å². The number of unbranched alkanes of at least 4 members (excludes halogenated alkanes) is 10. The molecule has 0 aliphatic carbocycles. The number of hydrogen-bond donors (Lipinski definition) is 1. The van der Waals surface area contributed by atoms with Crippen LogP contribution in [0.3, 0.4) is 0 Å². The summed E-state index contributed by atoms with van der Waals surface area (Å²) in [7, 11) is 0. The number of aliphatic hydroxyl groups is 1. The number of aliphatic hydroxyl groups excluding tert-OH is 1. The molecule has 0 unspecified atom stereocenters. The number of carbonyl (C=O) groups is 1. The summed E-state index contributed by atoms with van der Waals surface area (Å²) in [5, 5.41) is 9.38. The zero-order valence-electron chi connectivity index (χ0n) is 15.4. The molecule has 0 spiro atoms. The van der Waals surface area contributed by atoms with Gasteiger partial charge in [0.05, 0.1) is 12.7 Å². The zero-order valence-corrected chi connectivity index (χ0v) is 15.4. The number of esters is 1. The lowest BCUT2D eigenvalue weighted by Crippen LogP contribution is -2.03. The SMILES string of the molecule is CCOC(=O)CCCCCCCCCCCC/C=C\[C@@H](O)CC. The van der Waals surface area contributed by atoms with Crippen LogP contribution < -0.4 is 0 Å². The fourth-order valence-corrected chi connectivity index (χ4v) is 2.57. The number of hydrogen-bond acceptors (Lipinski definition) is 3. The summed E-state index contributed by atoms with van der Waals surface area (Å²) in [5.74, 6) is -0.0495. The molecule has 3 heteroatoms. The van der Waals surface area contributed by atoms with Crippen molar-refractivity contribution in [3.05, 3.63) is 12.2 Å². The Hall–Kier alpha value is -0.830. The van der Waals surface area contributed by atoms with Crippen LogP contribution in [0.25, 0.3) is 0 Å². The van der Waals surface area contributed by atoms with Crippen LogP contribution in [0, 0.1) is 0 Å². The van der Waals surface area contributed by atoms with E-state index in [-0.39, 0.29) is 12.1 Å². The Morgan fingerprint density at radius 1 is 0.913 bits per heavy atom. The molecule has 0 rings (SSSR count). The van der Waals surface area contributed by atoms with E-state index in [0.717, 1.165) is 25.7 Å². The predicted molar refractivity (Wildman–Crippen MR) is 97.5 cm³/mol. The van der Waals surface area contributed by atoms with Crippen molar-refractivity contribution in [1.29, 1.82) is 0 Å². The van der Waals surface area contributed by atoms with Gasteiger partial charge in [-0.05, 0) is 32.6 Å². The Balaban J connectivity index is 3.13. The molecule has 0 bridgehead atoms. The van der Waals surface area contributed by atoms with Crippen LogP contribution in [0.15, 0.2) is 12.2 Å². The molecule has 0 heterocycles. The van der Waals surface area contributed by atoms with Crippen LogP contribution in [-0.2, 0) is 9.53 Å². The molecule has 23 heavy (non-hydrogen) atoms. The van der Waals surface area contributed by atoms with Crippen molar-refractivity contribution in [2.75, 3.05) is 6.61 Å². The topological polar surface area (TPSA) is 46.5 Å². The van der Waals surface area contributed by atoms with Crippen molar-refractivity contribution in [3.63, 3.8) is 0 Å². The van der Waals surface area contributed by atoms with Crippen molar-refractivity contribution < 1.29 is 14.6 Å². The lowest BCUT2D eigenvalue weighted by molar-refractivity contribution is -0.143. The van der Waals surface area contributed by atoms with E-state index < -0.39 is 0 Å². The summed E-state index contributed by atoms with van der Waals surface area (Å²) in [5.41, 5.74) is 0. The van der Waals surface area contributed by atoms with Crippen LogP contribution in [-0.4, -0.2) is 23.8 Å². The van der Waals surface area contributed by atoms with Crippen molar-refractivity contribution >= 4 is 5.97 Å². The first kappa shape index (κ1) is 22.2. The highest BCUT2D eigenvalue weighted by Gasteiger charge is 2.00. The van der Waals surface area contributed by atoms with E-state index in [1.165, 1.54) is 51.4 Å². The molecule has 3 nitrogen and oxygen atoms in total. The third-order valence-electron chi connectivity index (χ3n) is 4.08. The van der Waals surface area contributed by atoms with Gasteiger partial charge in [-0.2, -0.15) is 0 Å². The largest absolute Gasteiger partial charge is 0.466 e. The molecule has 0 amide bonds. The molecular formula is C20H38O3. The fourth-order valence-electron chi connectivity index (χ4n) is 2.57. The minimum absolute atomic E-state index is 0.0495. The van der Waals surface area contributed by atoms with Crippen LogP contribution >= 0.6 is 0 Å². The van der Waals surface area contributed by atoms with Gasteiger partial charge in [0.15, 0.2) is 0 Å². The Labute approximate surface area is 143 Å². The molecule has 136 valence electrons. The van der Waals surface area contributed by atoms with E-state index in [1.807, 2.05) is 19.9 Å². The summed E-state index contributed by atoms with van der Waals surface area (Å²) in [6, 6.07) is 0. The molecule has 0 aromatic carbocycles. The molecule has 0 aliphatic heterocycles. The number of allylic oxidation sites excluding steroid dienone is 1. The first-order valence-electron chi connectivity index (χ1n) is 9.71. The predicted octanol–water partition coefficient (Wildman–Crippen LogP) is 5.56. The first-order chi connectivity index (χ1) is 11.2. The standard InChI is InChI=1S/C20H38O3/c1-3-19(21)17-15-13-11-9-7-5-6-8-10-12-14-16-18-20(22)23-4-2/h15,17,19,21H,3-14,16,18H2,1-2H3/b17-15-/t19-/m0/s1. The second-order valence-electron chi connectivity index (χ2n) is 6.28. The molecule has 0 aliphatic rings. The molecule has 0 saturated heterocycles. The van der Waals surface area contributed by atoms with Gasteiger partial charge in [-0.15, -0.1) is 0 Å². The quantitative estimate of drug-likeness (QED) is 0.229. The monoisotopic (exact) mass is 326 g/mol. The zero-order chi connectivity index (χ0) is 17.2. The van der Waals surface area contributed by atoms with Gasteiger partial charge in [-0.25, -0.2) is 0 Å². The number of rotatable bonds is 16. The summed E-state index contributed by atoms with van der Waals surface area (Å²) < 4.78 is 4.91. The molecule has 0 fully saturated rings. The minimum Gasteiger partial charge on any atom is -0.466 e. The van der Waals surface area contributed by atoms with Crippen LogP contribution in [0.1, 0.15) is 97.3 Å². The first-order valence-corrected chi connectivity index (χ1v) is 9.71. The maximum atomic E-state index is 11.2. The third kappa shape index (κ3) is 17.4. The summed E-state index contributed by atoms with van der Waals surface area (Å²) in [4.78, 5) is 11.2. The van der Waals surface area contributed by atoms with Gasteiger partial charge in [0.2, 0.25) is 0 Å². The molecule has 0 radical (unpaired) electrons. The van der Waals surface area contributed by atoms with Crippen LogP contribution in [0.2, 0.25) is 0 Å². The van der Waals surface area contributed by atoms with Crippen molar-refractivity contribution in [2.24, 2.45) is 0 Å². The number of ether oxygens (including phenoxy) is 1. The van der Waals surface area contributed by atoms with E-state index >= 15 is 0 Å². The van der Waals surface area contributed by atoms with Gasteiger partial charge < -0.3 is 9.84 Å². The molecule has 1 N–H and O–H groups in total. The summed E-state index contributed by atoms with van der Waals surface area (Å²) in [6.07, 6.45) is 18.8. The second-order valence-corrected chi connectivity index (χ2v) is 6.28. The van der Waals surface area contributed by atoms with E-state index in [9.17, 15) is 9.90 Å². The van der Waals surface area contributed by atoms with Gasteiger partial charge in [-0.3, -0.25) is 4.79 Å². The van der Waals surface area contributed by atoms with Gasteiger partial charge >= 0.3 is 5.97 Å². The Kier molecular flexibility index (Phi) is 16.9. The average Bonchev–Trinajstić information content (AvgIpc) is 2.55. The summed E-state index contributed by atoms with van der Waals surface area (Å²) >= 11 is 0. The van der Waals surface area contributed by atoms with Crippen molar-refractivity contribution in [2.45, 2.75) is 103 Å². The van der Waals surface area contributed by atoms with Crippen molar-refractivity contribution in [3.8, 4) is 0 Å². The van der Waals surface area contributed by atoms with Gasteiger partial charge in [0.1, 0.15) is 0 Å². The van der Waals surface area contributed by atoms with E-state index in [2.05, 4.69) is 6.08 Å². The Bertz CT molecular complexity index is 287. The van der Waals surface area contributed by atoms with E-state index in [4.69, 9.17) is 4.74 Å². The lowest BCUT2D eigenvalue weighted by atomic mass is 10.0. The highest BCUT2D eigenvalue weighted by molar-refractivity contribution is 5.69. The maximum absolute atomic E-state index is 11.2. The smallest absolute Gasteiger partial charge is 0.305 e. The summed E-state index contributed by atoms with van der Waals surface area (Å²) in [6.45, 7) is 4.34. The lowest BCUT2D eigenvalue weighted by Gasteiger charge is -2.03. The van der Waals surface area contributed by atoms with Gasteiger partial charge in [0.25, 0.3) is 0 Å². The van der Waals surface area contributed by atoms with Crippen molar-refractivity contribution in [1.82, 2.24) is 0 Å². The van der Waals surface area contributed by atoms with Gasteiger partial charge in [-0.1, -0.05) is 70.4 Å². The van der Waals surface area contributed by atoms with Crippen LogP contribution in [0.5, 0.6) is 0 Å². The Morgan fingerprint density at radius 2 is 1.43 bits per heavy atom. The highest BCUT2D eigenvalue weighted by Crippen LogP contribution is 2.12. The minimum atomic E-state index is -0.257. The molecule has 0 aromatic rings. The molecule has 0 saturated carbocycles. The number of carbonyl (C=O) groups excluding carboxylic acids is 1. The average molecular weight is 327 g/mol. The third-order valence-corrected chi connectivity index (χ3v) is 4.08. The molecule has 1 atom stereocenters. The highest BCUT2D eigenvalue weighted by atomic mass is 16.5. The Morgan fingerprint density at radius 3 is 1.96 bits per heavy atom. The normalized spacial score (nSPS) is 12.7.